The first-order valence-corrected chi connectivity index (χ1v) is 9.53. The number of urea groups is 1. The number of hydrogen-bond acceptors (Lipinski definition) is 2. The summed E-state index contributed by atoms with van der Waals surface area (Å²) in [6, 6.07) is 17.8. The standard InChI is InChI=1S/C21H25ClN2O2/c22-19-7-4-8-20(16-19)26-14-11-23-21(25)24-12-9-18(10-13-24)15-17-5-2-1-3-6-17/h1-8,16,18H,9-15H2,(H,23,25). The maximum Gasteiger partial charge on any atom is 0.317 e. The lowest BCUT2D eigenvalue weighted by Crippen LogP contribution is -2.45. The van der Waals surface area contributed by atoms with Gasteiger partial charge in [-0.2, -0.15) is 0 Å². The molecule has 0 aromatic heterocycles. The Morgan fingerprint density at radius 1 is 1.12 bits per heavy atom. The van der Waals surface area contributed by atoms with Crippen molar-refractivity contribution in [3.05, 3.63) is 65.2 Å². The summed E-state index contributed by atoms with van der Waals surface area (Å²) < 4.78 is 5.59. The Balaban J connectivity index is 1.33. The van der Waals surface area contributed by atoms with Crippen LogP contribution in [0.5, 0.6) is 5.75 Å². The Morgan fingerprint density at radius 2 is 1.88 bits per heavy atom. The highest BCUT2D eigenvalue weighted by atomic mass is 35.5. The average molecular weight is 373 g/mol. The Hall–Kier alpha value is -2.20. The molecule has 1 N–H and O–H groups in total. The summed E-state index contributed by atoms with van der Waals surface area (Å²) in [5.41, 5.74) is 1.38. The molecule has 0 radical (unpaired) electrons. The molecule has 1 fully saturated rings. The number of amides is 2. The molecule has 26 heavy (non-hydrogen) atoms. The maximum absolute atomic E-state index is 12.3. The lowest BCUT2D eigenvalue weighted by molar-refractivity contribution is 0.168. The highest BCUT2D eigenvalue weighted by Gasteiger charge is 2.22. The van der Waals surface area contributed by atoms with Crippen molar-refractivity contribution in [1.29, 1.82) is 0 Å². The maximum atomic E-state index is 12.3. The second-order valence-electron chi connectivity index (χ2n) is 6.66. The SMILES string of the molecule is O=C(NCCOc1cccc(Cl)c1)N1CCC(Cc2ccccc2)CC1. The molecule has 3 rings (SSSR count). The molecule has 1 aliphatic heterocycles. The first-order valence-electron chi connectivity index (χ1n) is 9.16. The second-order valence-corrected chi connectivity index (χ2v) is 7.09. The molecule has 2 aromatic rings. The number of rotatable bonds is 6. The number of nitrogens with one attached hydrogen (secondary N) is 1. The van der Waals surface area contributed by atoms with Gasteiger partial charge in [0.05, 0.1) is 6.54 Å². The monoisotopic (exact) mass is 372 g/mol. The van der Waals surface area contributed by atoms with E-state index in [0.717, 1.165) is 32.4 Å². The summed E-state index contributed by atoms with van der Waals surface area (Å²) in [5.74, 6) is 1.38. The molecule has 0 bridgehead atoms. The third-order valence-corrected chi connectivity index (χ3v) is 4.95. The minimum Gasteiger partial charge on any atom is -0.492 e. The van der Waals surface area contributed by atoms with Crippen molar-refractivity contribution in [3.63, 3.8) is 0 Å². The van der Waals surface area contributed by atoms with Crippen LogP contribution in [0.2, 0.25) is 5.02 Å². The van der Waals surface area contributed by atoms with Gasteiger partial charge in [0.15, 0.2) is 0 Å². The first kappa shape index (κ1) is 18.6. The zero-order valence-electron chi connectivity index (χ0n) is 14.9. The third kappa shape index (κ3) is 5.67. The van der Waals surface area contributed by atoms with Crippen LogP contribution in [0.15, 0.2) is 54.6 Å². The predicted molar refractivity (Wildman–Crippen MR) is 105 cm³/mol. The molecule has 1 saturated heterocycles. The molecule has 5 heteroatoms. The van der Waals surface area contributed by atoms with Crippen LogP contribution in [-0.4, -0.2) is 37.2 Å². The quantitative estimate of drug-likeness (QED) is 0.764. The van der Waals surface area contributed by atoms with Crippen molar-refractivity contribution in [2.24, 2.45) is 5.92 Å². The molecule has 4 nitrogen and oxygen atoms in total. The number of hydrogen-bond donors (Lipinski definition) is 1. The van der Waals surface area contributed by atoms with Gasteiger partial charge in [0.25, 0.3) is 0 Å². The van der Waals surface area contributed by atoms with Crippen molar-refractivity contribution in [3.8, 4) is 5.75 Å². The molecule has 0 aliphatic carbocycles. The number of benzene rings is 2. The van der Waals surface area contributed by atoms with Crippen LogP contribution in [-0.2, 0) is 6.42 Å². The molecule has 1 aliphatic rings. The fraction of sp³-hybridized carbons (Fsp3) is 0.381. The van der Waals surface area contributed by atoms with Crippen LogP contribution in [0.4, 0.5) is 4.79 Å². The zero-order chi connectivity index (χ0) is 18.2. The summed E-state index contributed by atoms with van der Waals surface area (Å²) in [7, 11) is 0. The van der Waals surface area contributed by atoms with Crippen molar-refractivity contribution >= 4 is 17.6 Å². The fourth-order valence-corrected chi connectivity index (χ4v) is 3.46. The number of carbonyl (C=O) groups excluding carboxylic acids is 1. The second kappa shape index (κ2) is 9.48. The Morgan fingerprint density at radius 3 is 2.62 bits per heavy atom. The molecule has 2 aromatic carbocycles. The Labute approximate surface area is 160 Å². The van der Waals surface area contributed by atoms with Gasteiger partial charge in [0.1, 0.15) is 12.4 Å². The van der Waals surface area contributed by atoms with Crippen molar-refractivity contribution < 1.29 is 9.53 Å². The van der Waals surface area contributed by atoms with Gasteiger partial charge in [-0.05, 0) is 48.9 Å². The van der Waals surface area contributed by atoms with E-state index >= 15 is 0 Å². The van der Waals surface area contributed by atoms with E-state index in [0.29, 0.717) is 29.8 Å². The third-order valence-electron chi connectivity index (χ3n) is 4.71. The summed E-state index contributed by atoms with van der Waals surface area (Å²) in [5, 5.41) is 3.57. The Kier molecular flexibility index (Phi) is 6.78. The highest BCUT2D eigenvalue weighted by Crippen LogP contribution is 2.21. The fourth-order valence-electron chi connectivity index (χ4n) is 3.28. The lowest BCUT2D eigenvalue weighted by atomic mass is 9.90. The predicted octanol–water partition coefficient (Wildman–Crippen LogP) is 4.38. The van der Waals surface area contributed by atoms with Crippen LogP contribution in [0, 0.1) is 5.92 Å². The smallest absolute Gasteiger partial charge is 0.317 e. The van der Waals surface area contributed by atoms with Crippen molar-refractivity contribution in [1.82, 2.24) is 10.2 Å². The van der Waals surface area contributed by atoms with Crippen LogP contribution >= 0.6 is 11.6 Å². The lowest BCUT2D eigenvalue weighted by Gasteiger charge is -2.32. The van der Waals surface area contributed by atoms with Gasteiger partial charge in [-0.15, -0.1) is 0 Å². The van der Waals surface area contributed by atoms with Gasteiger partial charge < -0.3 is 15.0 Å². The zero-order valence-corrected chi connectivity index (χ0v) is 15.6. The van der Waals surface area contributed by atoms with E-state index in [-0.39, 0.29) is 6.03 Å². The molecule has 138 valence electrons. The van der Waals surface area contributed by atoms with E-state index in [9.17, 15) is 4.79 Å². The molecule has 1 heterocycles. The van der Waals surface area contributed by atoms with E-state index in [1.807, 2.05) is 23.1 Å². The summed E-state index contributed by atoms with van der Waals surface area (Å²) in [4.78, 5) is 14.2. The molecule has 0 unspecified atom stereocenters. The van der Waals surface area contributed by atoms with Gasteiger partial charge >= 0.3 is 6.03 Å². The molecular formula is C21H25ClN2O2. The van der Waals surface area contributed by atoms with E-state index in [4.69, 9.17) is 16.3 Å². The molecule has 0 atom stereocenters. The van der Waals surface area contributed by atoms with Gasteiger partial charge in [-0.3, -0.25) is 0 Å². The van der Waals surface area contributed by atoms with E-state index in [2.05, 4.69) is 29.6 Å². The molecule has 2 amide bonds. The summed E-state index contributed by atoms with van der Waals surface area (Å²) in [6.45, 7) is 2.54. The minimum absolute atomic E-state index is 0.00199. The van der Waals surface area contributed by atoms with Gasteiger partial charge in [-0.25, -0.2) is 4.79 Å². The van der Waals surface area contributed by atoms with Gasteiger partial charge in [-0.1, -0.05) is 48.0 Å². The summed E-state index contributed by atoms with van der Waals surface area (Å²) >= 11 is 5.92. The number of ether oxygens (including phenoxy) is 1. The molecule has 0 saturated carbocycles. The minimum atomic E-state index is -0.00199. The van der Waals surface area contributed by atoms with Crippen molar-refractivity contribution in [2.75, 3.05) is 26.2 Å². The molecular weight excluding hydrogens is 348 g/mol. The largest absolute Gasteiger partial charge is 0.492 e. The van der Waals surface area contributed by atoms with Gasteiger partial charge in [0, 0.05) is 18.1 Å². The van der Waals surface area contributed by atoms with Crippen LogP contribution in [0.1, 0.15) is 18.4 Å². The topological polar surface area (TPSA) is 41.6 Å². The molecule has 0 spiro atoms. The number of halogens is 1. The average Bonchev–Trinajstić information content (AvgIpc) is 2.66. The van der Waals surface area contributed by atoms with Gasteiger partial charge in [0.2, 0.25) is 0 Å². The first-order chi connectivity index (χ1) is 12.7. The number of carbonyl (C=O) groups is 1. The van der Waals surface area contributed by atoms with Crippen LogP contribution in [0.3, 0.4) is 0 Å². The summed E-state index contributed by atoms with van der Waals surface area (Å²) in [6.07, 6.45) is 3.21. The van der Waals surface area contributed by atoms with E-state index in [1.165, 1.54) is 5.56 Å². The van der Waals surface area contributed by atoms with Crippen molar-refractivity contribution in [2.45, 2.75) is 19.3 Å². The highest BCUT2D eigenvalue weighted by molar-refractivity contribution is 6.30. The number of piperidine rings is 1. The van der Waals surface area contributed by atoms with E-state index in [1.54, 1.807) is 12.1 Å². The van der Waals surface area contributed by atoms with Crippen LogP contribution in [0.25, 0.3) is 0 Å². The van der Waals surface area contributed by atoms with E-state index < -0.39 is 0 Å². The Bertz CT molecular complexity index is 700. The number of nitrogens with zero attached hydrogens (tertiary/aromatic N) is 1. The number of likely N-dealkylation sites (tertiary alicyclic amines) is 1. The normalized spacial score (nSPS) is 14.9. The van der Waals surface area contributed by atoms with Crippen LogP contribution < -0.4 is 10.1 Å².